The first-order valence-electron chi connectivity index (χ1n) is 7.73. The molecule has 0 saturated carbocycles. The Kier molecular flexibility index (Phi) is 5.59. The number of carbonyl (C=O) groups is 1. The molecular formula is C19H23NO2. The average molecular weight is 297 g/mol. The maximum Gasteiger partial charge on any atom is 0.264 e. The standard InChI is InChI=1S/C19H23NO2/c1-4-16-10-6-7-12-18(16)22-14-19(21)20(5-2)17-11-8-9-15(3)13-17/h6-13H,4-5,14H2,1-3H3. The van der Waals surface area contributed by atoms with Crippen LogP contribution in [0.4, 0.5) is 5.69 Å². The molecule has 0 atom stereocenters. The maximum atomic E-state index is 12.5. The molecule has 2 aromatic carbocycles. The molecule has 22 heavy (non-hydrogen) atoms. The number of aryl methyl sites for hydroxylation is 2. The molecule has 0 saturated heterocycles. The Bertz CT molecular complexity index is 637. The summed E-state index contributed by atoms with van der Waals surface area (Å²) in [5.41, 5.74) is 3.18. The van der Waals surface area contributed by atoms with Crippen LogP contribution in [-0.4, -0.2) is 19.1 Å². The second-order valence-corrected chi connectivity index (χ2v) is 5.23. The Morgan fingerprint density at radius 1 is 1.09 bits per heavy atom. The van der Waals surface area contributed by atoms with Crippen LogP contribution in [0.15, 0.2) is 48.5 Å². The van der Waals surface area contributed by atoms with Crippen LogP contribution in [0.5, 0.6) is 5.75 Å². The topological polar surface area (TPSA) is 29.5 Å². The molecule has 0 aromatic heterocycles. The SMILES string of the molecule is CCc1ccccc1OCC(=O)N(CC)c1cccc(C)c1. The summed E-state index contributed by atoms with van der Waals surface area (Å²) >= 11 is 0. The summed E-state index contributed by atoms with van der Waals surface area (Å²) in [5.74, 6) is 0.762. The summed E-state index contributed by atoms with van der Waals surface area (Å²) < 4.78 is 5.73. The minimum absolute atomic E-state index is 0.0287. The van der Waals surface area contributed by atoms with Gasteiger partial charge in [0.15, 0.2) is 6.61 Å². The van der Waals surface area contributed by atoms with Crippen molar-refractivity contribution in [3.63, 3.8) is 0 Å². The summed E-state index contributed by atoms with van der Waals surface area (Å²) in [7, 11) is 0. The van der Waals surface area contributed by atoms with E-state index in [9.17, 15) is 4.79 Å². The predicted molar refractivity (Wildman–Crippen MR) is 90.5 cm³/mol. The van der Waals surface area contributed by atoms with Gasteiger partial charge in [0.2, 0.25) is 0 Å². The highest BCUT2D eigenvalue weighted by atomic mass is 16.5. The molecule has 3 nitrogen and oxygen atoms in total. The van der Waals surface area contributed by atoms with Gasteiger partial charge in [-0.05, 0) is 49.6 Å². The second kappa shape index (κ2) is 7.64. The zero-order chi connectivity index (χ0) is 15.9. The van der Waals surface area contributed by atoms with Crippen molar-refractivity contribution in [1.82, 2.24) is 0 Å². The number of carbonyl (C=O) groups excluding carboxylic acids is 1. The summed E-state index contributed by atoms with van der Waals surface area (Å²) in [6.07, 6.45) is 0.889. The van der Waals surface area contributed by atoms with E-state index in [1.54, 1.807) is 4.90 Å². The smallest absolute Gasteiger partial charge is 0.264 e. The molecule has 116 valence electrons. The van der Waals surface area contributed by atoms with Crippen LogP contribution in [0.1, 0.15) is 25.0 Å². The lowest BCUT2D eigenvalue weighted by molar-refractivity contribution is -0.120. The van der Waals surface area contributed by atoms with E-state index in [2.05, 4.69) is 6.92 Å². The number of ether oxygens (including phenoxy) is 1. The third-order valence-corrected chi connectivity index (χ3v) is 3.64. The lowest BCUT2D eigenvalue weighted by atomic mass is 10.1. The largest absolute Gasteiger partial charge is 0.483 e. The lowest BCUT2D eigenvalue weighted by Crippen LogP contribution is -2.34. The van der Waals surface area contributed by atoms with Gasteiger partial charge in [-0.25, -0.2) is 0 Å². The molecule has 0 spiro atoms. The van der Waals surface area contributed by atoms with E-state index in [0.717, 1.165) is 29.0 Å². The number of anilines is 1. The Morgan fingerprint density at radius 3 is 2.55 bits per heavy atom. The average Bonchev–Trinajstić information content (AvgIpc) is 2.54. The fourth-order valence-corrected chi connectivity index (χ4v) is 2.45. The Balaban J connectivity index is 2.07. The van der Waals surface area contributed by atoms with E-state index >= 15 is 0 Å². The molecule has 0 unspecified atom stereocenters. The number of para-hydroxylation sites is 1. The lowest BCUT2D eigenvalue weighted by Gasteiger charge is -2.22. The molecule has 0 N–H and O–H groups in total. The first-order chi connectivity index (χ1) is 10.7. The van der Waals surface area contributed by atoms with Gasteiger partial charge in [-0.15, -0.1) is 0 Å². The van der Waals surface area contributed by atoms with Crippen LogP contribution in [-0.2, 0) is 11.2 Å². The van der Waals surface area contributed by atoms with Crippen molar-refractivity contribution in [3.05, 3.63) is 59.7 Å². The minimum atomic E-state index is -0.0287. The molecule has 0 radical (unpaired) electrons. The van der Waals surface area contributed by atoms with Gasteiger partial charge in [-0.3, -0.25) is 4.79 Å². The van der Waals surface area contributed by atoms with E-state index in [1.807, 2.05) is 62.4 Å². The van der Waals surface area contributed by atoms with Gasteiger partial charge in [0.25, 0.3) is 5.91 Å². The number of rotatable bonds is 6. The fourth-order valence-electron chi connectivity index (χ4n) is 2.45. The van der Waals surface area contributed by atoms with Crippen LogP contribution in [0, 0.1) is 6.92 Å². The molecule has 3 heteroatoms. The predicted octanol–water partition coefficient (Wildman–Crippen LogP) is 3.99. The highest BCUT2D eigenvalue weighted by molar-refractivity contribution is 5.94. The highest BCUT2D eigenvalue weighted by Crippen LogP contribution is 2.19. The number of hydrogen-bond acceptors (Lipinski definition) is 2. The van der Waals surface area contributed by atoms with Crippen LogP contribution in [0.25, 0.3) is 0 Å². The first-order valence-corrected chi connectivity index (χ1v) is 7.73. The van der Waals surface area contributed by atoms with Crippen LogP contribution >= 0.6 is 0 Å². The maximum absolute atomic E-state index is 12.5. The van der Waals surface area contributed by atoms with Crippen LogP contribution in [0.2, 0.25) is 0 Å². The number of amides is 1. The van der Waals surface area contributed by atoms with Gasteiger partial charge in [0.05, 0.1) is 0 Å². The zero-order valence-electron chi connectivity index (χ0n) is 13.5. The van der Waals surface area contributed by atoms with Gasteiger partial charge in [-0.2, -0.15) is 0 Å². The van der Waals surface area contributed by atoms with E-state index in [-0.39, 0.29) is 12.5 Å². The summed E-state index contributed by atoms with van der Waals surface area (Å²) in [4.78, 5) is 14.2. The number of benzene rings is 2. The number of nitrogens with zero attached hydrogens (tertiary/aromatic N) is 1. The Labute approximate surface area is 132 Å². The Hall–Kier alpha value is -2.29. The van der Waals surface area contributed by atoms with Crippen molar-refractivity contribution in [2.75, 3.05) is 18.1 Å². The fraction of sp³-hybridized carbons (Fsp3) is 0.316. The van der Waals surface area contributed by atoms with Gasteiger partial charge >= 0.3 is 0 Å². The molecule has 2 rings (SSSR count). The second-order valence-electron chi connectivity index (χ2n) is 5.23. The molecule has 0 aliphatic carbocycles. The van der Waals surface area contributed by atoms with Crippen molar-refractivity contribution >= 4 is 11.6 Å². The van der Waals surface area contributed by atoms with Crippen molar-refractivity contribution < 1.29 is 9.53 Å². The molecule has 2 aromatic rings. The molecule has 0 fully saturated rings. The van der Waals surface area contributed by atoms with Gasteiger partial charge < -0.3 is 9.64 Å². The monoisotopic (exact) mass is 297 g/mol. The van der Waals surface area contributed by atoms with E-state index < -0.39 is 0 Å². The van der Waals surface area contributed by atoms with Gasteiger partial charge in [0.1, 0.15) is 5.75 Å². The summed E-state index contributed by atoms with van der Waals surface area (Å²) in [6, 6.07) is 15.8. The summed E-state index contributed by atoms with van der Waals surface area (Å²) in [6.45, 7) is 6.75. The van der Waals surface area contributed by atoms with E-state index in [4.69, 9.17) is 4.74 Å². The summed E-state index contributed by atoms with van der Waals surface area (Å²) in [5, 5.41) is 0. The first kappa shape index (κ1) is 16.1. The van der Waals surface area contributed by atoms with E-state index in [0.29, 0.717) is 6.54 Å². The van der Waals surface area contributed by atoms with Crippen molar-refractivity contribution in [2.45, 2.75) is 27.2 Å². The minimum Gasteiger partial charge on any atom is -0.483 e. The highest BCUT2D eigenvalue weighted by Gasteiger charge is 2.15. The van der Waals surface area contributed by atoms with Gasteiger partial charge in [-0.1, -0.05) is 37.3 Å². The normalized spacial score (nSPS) is 10.3. The quantitative estimate of drug-likeness (QED) is 0.807. The molecule has 0 bridgehead atoms. The van der Waals surface area contributed by atoms with Crippen molar-refractivity contribution in [3.8, 4) is 5.75 Å². The number of hydrogen-bond donors (Lipinski definition) is 0. The van der Waals surface area contributed by atoms with Crippen LogP contribution < -0.4 is 9.64 Å². The van der Waals surface area contributed by atoms with Crippen LogP contribution in [0.3, 0.4) is 0 Å². The molecule has 0 aliphatic rings. The Morgan fingerprint density at radius 2 is 1.86 bits per heavy atom. The molecule has 0 heterocycles. The number of likely N-dealkylation sites (N-methyl/N-ethyl adjacent to an activating group) is 1. The van der Waals surface area contributed by atoms with Crippen molar-refractivity contribution in [2.24, 2.45) is 0 Å². The molecular weight excluding hydrogens is 274 g/mol. The molecule has 0 aliphatic heterocycles. The molecule has 1 amide bonds. The third-order valence-electron chi connectivity index (χ3n) is 3.64. The van der Waals surface area contributed by atoms with Gasteiger partial charge in [0, 0.05) is 12.2 Å². The zero-order valence-corrected chi connectivity index (χ0v) is 13.5. The third kappa shape index (κ3) is 3.88. The van der Waals surface area contributed by atoms with Crippen molar-refractivity contribution in [1.29, 1.82) is 0 Å². The van der Waals surface area contributed by atoms with E-state index in [1.165, 1.54) is 0 Å².